The van der Waals surface area contributed by atoms with Crippen LogP contribution in [0.5, 0.6) is 5.75 Å². The molecule has 2 N–H and O–H groups in total. The average molecular weight is 475 g/mol. The van der Waals surface area contributed by atoms with Crippen LogP contribution in [0.2, 0.25) is 5.02 Å². The number of alkyl halides is 4. The third kappa shape index (κ3) is 7.45. The van der Waals surface area contributed by atoms with Crippen LogP contribution < -0.4 is 10.5 Å². The Morgan fingerprint density at radius 3 is 2.59 bits per heavy atom. The standard InChI is InChI=1S/C19H19ClF4N6O2/c1-12(16(28-11-25)29-18-26-5-3-6-27-18)30(7-2-4-21)17(31)13-8-14(20)10-15(9-13)32-19(22,23)24/h3,5-6,8-12H,2,4,7H2,1H3,(H2,25,26,27,28,29). The fourth-order valence-electron chi connectivity index (χ4n) is 2.64. The molecule has 0 aliphatic heterocycles. The highest BCUT2D eigenvalue weighted by Gasteiger charge is 2.32. The number of nitrogens with zero attached hydrogens (tertiary/aromatic N) is 5. The minimum atomic E-state index is -4.97. The Bertz CT molecular complexity index is 972. The zero-order valence-electron chi connectivity index (χ0n) is 16.8. The van der Waals surface area contributed by atoms with Gasteiger partial charge in [0.15, 0.2) is 5.84 Å². The molecule has 1 amide bonds. The summed E-state index contributed by atoms with van der Waals surface area (Å²) in [6.45, 7) is 0.721. The first-order valence-corrected chi connectivity index (χ1v) is 9.55. The smallest absolute Gasteiger partial charge is 0.406 e. The zero-order valence-corrected chi connectivity index (χ0v) is 17.5. The van der Waals surface area contributed by atoms with Crippen LogP contribution in [0.15, 0.2) is 46.6 Å². The molecule has 0 saturated carbocycles. The number of carbonyl (C=O) groups excluding carboxylic acids is 1. The number of aromatic nitrogens is 2. The number of rotatable bonds is 8. The van der Waals surface area contributed by atoms with Crippen LogP contribution in [0.4, 0.5) is 23.5 Å². The number of nitrogens with two attached hydrogens (primary N) is 1. The van der Waals surface area contributed by atoms with Crippen molar-refractivity contribution in [3.63, 3.8) is 0 Å². The molecule has 0 spiro atoms. The topological polar surface area (TPSA) is 106 Å². The predicted molar refractivity (Wildman–Crippen MR) is 111 cm³/mol. The minimum absolute atomic E-state index is 0.0275. The van der Waals surface area contributed by atoms with Crippen LogP contribution in [0, 0.1) is 0 Å². The molecular weight excluding hydrogens is 456 g/mol. The number of aliphatic imine (C=N–C) groups is 2. The summed E-state index contributed by atoms with van der Waals surface area (Å²) in [6, 6.07) is 3.68. The van der Waals surface area contributed by atoms with E-state index >= 15 is 0 Å². The first kappa shape index (κ1) is 25.0. The van der Waals surface area contributed by atoms with Crippen molar-refractivity contribution in [3.8, 4) is 5.75 Å². The van der Waals surface area contributed by atoms with Crippen LogP contribution >= 0.6 is 11.6 Å². The minimum Gasteiger partial charge on any atom is -0.406 e. The molecule has 1 atom stereocenters. The molecule has 0 aliphatic carbocycles. The Hall–Kier alpha value is -3.28. The van der Waals surface area contributed by atoms with Crippen molar-refractivity contribution in [2.24, 2.45) is 15.7 Å². The van der Waals surface area contributed by atoms with Gasteiger partial charge in [-0.3, -0.25) is 9.18 Å². The van der Waals surface area contributed by atoms with Crippen molar-refractivity contribution in [1.82, 2.24) is 14.9 Å². The second-order valence-corrected chi connectivity index (χ2v) is 6.67. The Morgan fingerprint density at radius 2 is 2.00 bits per heavy atom. The molecule has 0 fully saturated rings. The largest absolute Gasteiger partial charge is 0.573 e. The van der Waals surface area contributed by atoms with Gasteiger partial charge in [-0.05, 0) is 37.6 Å². The van der Waals surface area contributed by atoms with Crippen LogP contribution in [0.3, 0.4) is 0 Å². The van der Waals surface area contributed by atoms with Crippen molar-refractivity contribution >= 4 is 35.6 Å². The summed E-state index contributed by atoms with van der Waals surface area (Å²) in [5, 5.41) is -0.153. The second kappa shape index (κ2) is 11.4. The monoisotopic (exact) mass is 474 g/mol. The van der Waals surface area contributed by atoms with E-state index in [1.165, 1.54) is 23.4 Å². The number of ether oxygens (including phenoxy) is 1. The summed E-state index contributed by atoms with van der Waals surface area (Å²) < 4.78 is 54.6. The van der Waals surface area contributed by atoms with Gasteiger partial charge in [-0.15, -0.1) is 13.2 Å². The van der Waals surface area contributed by atoms with E-state index in [1.807, 2.05) is 0 Å². The third-order valence-corrected chi connectivity index (χ3v) is 4.18. The van der Waals surface area contributed by atoms with E-state index in [0.29, 0.717) is 0 Å². The van der Waals surface area contributed by atoms with E-state index in [1.54, 1.807) is 13.0 Å². The number of halogens is 5. The lowest BCUT2D eigenvalue weighted by atomic mass is 10.1. The second-order valence-electron chi connectivity index (χ2n) is 6.24. The maximum absolute atomic E-state index is 13.2. The van der Waals surface area contributed by atoms with E-state index in [0.717, 1.165) is 18.5 Å². The molecule has 0 aliphatic rings. The summed E-state index contributed by atoms with van der Waals surface area (Å²) in [4.78, 5) is 30.3. The quantitative estimate of drug-likeness (QED) is 0.354. The molecule has 1 aromatic heterocycles. The Labute approximate surface area is 185 Å². The molecule has 13 heteroatoms. The molecule has 0 saturated heterocycles. The Kier molecular flexibility index (Phi) is 8.88. The van der Waals surface area contributed by atoms with Gasteiger partial charge in [-0.1, -0.05) is 11.6 Å². The lowest BCUT2D eigenvalue weighted by Crippen LogP contribution is -2.43. The summed E-state index contributed by atoms with van der Waals surface area (Å²) in [5.74, 6) is -1.34. The van der Waals surface area contributed by atoms with Crippen LogP contribution in [0.25, 0.3) is 0 Å². The fourth-order valence-corrected chi connectivity index (χ4v) is 2.87. The van der Waals surface area contributed by atoms with Crippen molar-refractivity contribution in [1.29, 1.82) is 0 Å². The summed E-state index contributed by atoms with van der Waals surface area (Å²) in [7, 11) is 0. The molecule has 2 aromatic rings. The molecule has 32 heavy (non-hydrogen) atoms. The normalized spacial score (nSPS) is 13.2. The predicted octanol–water partition coefficient (Wildman–Crippen LogP) is 3.94. The van der Waals surface area contributed by atoms with Crippen molar-refractivity contribution in [3.05, 3.63) is 47.2 Å². The van der Waals surface area contributed by atoms with E-state index in [2.05, 4.69) is 24.7 Å². The van der Waals surface area contributed by atoms with Gasteiger partial charge in [0.1, 0.15) is 5.75 Å². The highest BCUT2D eigenvalue weighted by molar-refractivity contribution is 6.31. The van der Waals surface area contributed by atoms with Gasteiger partial charge in [0.2, 0.25) is 0 Å². The Morgan fingerprint density at radius 1 is 1.31 bits per heavy atom. The highest BCUT2D eigenvalue weighted by Crippen LogP contribution is 2.28. The Balaban J connectivity index is 2.43. The number of hydrogen-bond donors (Lipinski definition) is 1. The number of hydrogen-bond acceptors (Lipinski definition) is 5. The van der Waals surface area contributed by atoms with Gasteiger partial charge in [-0.2, -0.15) is 4.99 Å². The van der Waals surface area contributed by atoms with E-state index in [4.69, 9.17) is 17.3 Å². The summed E-state index contributed by atoms with van der Waals surface area (Å²) >= 11 is 5.87. The van der Waals surface area contributed by atoms with E-state index < -0.39 is 30.7 Å². The van der Waals surface area contributed by atoms with Gasteiger partial charge >= 0.3 is 6.36 Å². The molecule has 1 heterocycles. The van der Waals surface area contributed by atoms with Gasteiger partial charge in [-0.25, -0.2) is 15.0 Å². The van der Waals surface area contributed by atoms with Gasteiger partial charge in [0.25, 0.3) is 11.9 Å². The summed E-state index contributed by atoms with van der Waals surface area (Å²) in [5.41, 5.74) is 5.19. The molecular formula is C19H19ClF4N6O2. The van der Waals surface area contributed by atoms with Crippen molar-refractivity contribution in [2.45, 2.75) is 25.7 Å². The van der Waals surface area contributed by atoms with Gasteiger partial charge in [0, 0.05) is 29.5 Å². The number of carbonyl (C=O) groups is 1. The third-order valence-electron chi connectivity index (χ3n) is 3.96. The van der Waals surface area contributed by atoms with E-state index in [9.17, 15) is 22.4 Å². The lowest BCUT2D eigenvalue weighted by molar-refractivity contribution is -0.274. The van der Waals surface area contributed by atoms with Crippen molar-refractivity contribution in [2.75, 3.05) is 13.2 Å². The molecule has 8 nitrogen and oxygen atoms in total. The fraction of sp³-hybridized carbons (Fsp3) is 0.316. The number of benzene rings is 1. The van der Waals surface area contributed by atoms with Crippen LogP contribution in [-0.4, -0.2) is 58.6 Å². The van der Waals surface area contributed by atoms with Gasteiger partial charge < -0.3 is 15.4 Å². The van der Waals surface area contributed by atoms with Gasteiger partial charge in [0.05, 0.1) is 19.1 Å². The SMILES string of the molecule is CC(C(N=CN)=Nc1ncccn1)N(CCCF)C(=O)c1cc(Cl)cc(OC(F)(F)F)c1. The summed E-state index contributed by atoms with van der Waals surface area (Å²) in [6.07, 6.45) is -1.17. The van der Waals surface area contributed by atoms with Crippen molar-refractivity contribution < 1.29 is 27.1 Å². The molecule has 2 rings (SSSR count). The first-order valence-electron chi connectivity index (χ1n) is 9.17. The molecule has 0 bridgehead atoms. The first-order chi connectivity index (χ1) is 15.1. The van der Waals surface area contributed by atoms with Crippen LogP contribution in [-0.2, 0) is 0 Å². The number of amidine groups is 1. The maximum Gasteiger partial charge on any atom is 0.573 e. The molecule has 1 aromatic carbocycles. The molecule has 172 valence electrons. The average Bonchev–Trinajstić information content (AvgIpc) is 2.72. The van der Waals surface area contributed by atoms with Crippen LogP contribution in [0.1, 0.15) is 23.7 Å². The molecule has 1 unspecified atom stereocenters. The van der Waals surface area contributed by atoms with E-state index in [-0.39, 0.29) is 35.3 Å². The number of amides is 1. The maximum atomic E-state index is 13.2. The zero-order chi connectivity index (χ0) is 23.7. The lowest BCUT2D eigenvalue weighted by Gasteiger charge is -2.29. The molecule has 0 radical (unpaired) electrons. The highest BCUT2D eigenvalue weighted by atomic mass is 35.5.